The minimum atomic E-state index is -3.73. The molecule has 1 heterocycles. The van der Waals surface area contributed by atoms with Gasteiger partial charge >= 0.3 is 0 Å². The van der Waals surface area contributed by atoms with Gasteiger partial charge in [0.25, 0.3) is 0 Å². The summed E-state index contributed by atoms with van der Waals surface area (Å²) < 4.78 is 45.4. The van der Waals surface area contributed by atoms with Crippen LogP contribution in [0.5, 0.6) is 0 Å². The van der Waals surface area contributed by atoms with E-state index in [0.29, 0.717) is 11.7 Å². The second kappa shape index (κ2) is 7.35. The molecule has 1 aromatic heterocycles. The molecule has 0 atom stereocenters. The summed E-state index contributed by atoms with van der Waals surface area (Å²) in [5.41, 5.74) is 2.16. The lowest BCUT2D eigenvalue weighted by Gasteiger charge is -2.06. The second-order valence-electron chi connectivity index (χ2n) is 5.89. The highest BCUT2D eigenvalue weighted by molar-refractivity contribution is 7.89. The van der Waals surface area contributed by atoms with Crippen LogP contribution in [0, 0.1) is 19.7 Å². The van der Waals surface area contributed by atoms with Gasteiger partial charge in [-0.1, -0.05) is 29.4 Å². The van der Waals surface area contributed by atoms with E-state index in [0.717, 1.165) is 17.2 Å². The van der Waals surface area contributed by atoms with Gasteiger partial charge < -0.3 is 4.52 Å². The Hall–Kier alpha value is -2.58. The highest BCUT2D eigenvalue weighted by atomic mass is 32.2. The molecule has 136 valence electrons. The lowest BCUT2D eigenvalue weighted by Crippen LogP contribution is -2.26. The van der Waals surface area contributed by atoms with E-state index in [2.05, 4.69) is 14.9 Å². The number of nitrogens with zero attached hydrogens (tertiary/aromatic N) is 2. The molecule has 1 N–H and O–H groups in total. The Morgan fingerprint density at radius 1 is 1.12 bits per heavy atom. The van der Waals surface area contributed by atoms with E-state index in [1.54, 1.807) is 0 Å². The quantitative estimate of drug-likeness (QED) is 0.716. The molecule has 2 aromatic carbocycles. The molecule has 0 aliphatic rings. The van der Waals surface area contributed by atoms with Crippen molar-refractivity contribution >= 4 is 10.0 Å². The molecule has 26 heavy (non-hydrogen) atoms. The van der Waals surface area contributed by atoms with E-state index in [9.17, 15) is 12.8 Å². The maximum absolute atomic E-state index is 13.3. The smallest absolute Gasteiger partial charge is 0.240 e. The molecule has 0 aliphatic heterocycles. The first-order chi connectivity index (χ1) is 12.4. The monoisotopic (exact) mass is 375 g/mol. The molecule has 3 rings (SSSR count). The average Bonchev–Trinajstić information content (AvgIpc) is 3.06. The Kier molecular flexibility index (Phi) is 5.15. The van der Waals surface area contributed by atoms with Crippen LogP contribution in [0.2, 0.25) is 0 Å². The molecular weight excluding hydrogens is 357 g/mol. The number of aryl methyl sites for hydroxylation is 2. The van der Waals surface area contributed by atoms with Crippen LogP contribution in [0.25, 0.3) is 11.4 Å². The fraction of sp³-hybridized carbons (Fsp3) is 0.222. The summed E-state index contributed by atoms with van der Waals surface area (Å²) in [6.45, 7) is 3.55. The van der Waals surface area contributed by atoms with Gasteiger partial charge in [0.2, 0.25) is 21.7 Å². The van der Waals surface area contributed by atoms with Gasteiger partial charge in [-0.3, -0.25) is 0 Å². The first-order valence-electron chi connectivity index (χ1n) is 8.01. The summed E-state index contributed by atoms with van der Waals surface area (Å²) in [7, 11) is -3.73. The van der Waals surface area contributed by atoms with Crippen molar-refractivity contribution in [3.8, 4) is 11.4 Å². The van der Waals surface area contributed by atoms with E-state index in [1.807, 2.05) is 31.2 Å². The van der Waals surface area contributed by atoms with Crippen molar-refractivity contribution in [1.82, 2.24) is 14.9 Å². The van der Waals surface area contributed by atoms with Gasteiger partial charge in [0.05, 0.1) is 4.90 Å². The van der Waals surface area contributed by atoms with Gasteiger partial charge in [-0.15, -0.1) is 0 Å². The van der Waals surface area contributed by atoms with Crippen molar-refractivity contribution in [2.45, 2.75) is 25.2 Å². The van der Waals surface area contributed by atoms with Crippen molar-refractivity contribution in [3.05, 3.63) is 65.3 Å². The number of benzene rings is 2. The number of nitrogens with one attached hydrogen (secondary N) is 1. The van der Waals surface area contributed by atoms with Gasteiger partial charge in [0.15, 0.2) is 0 Å². The first kappa shape index (κ1) is 18.2. The predicted molar refractivity (Wildman–Crippen MR) is 94.5 cm³/mol. The van der Waals surface area contributed by atoms with Crippen LogP contribution in [0.15, 0.2) is 51.9 Å². The number of aromatic nitrogens is 2. The summed E-state index contributed by atoms with van der Waals surface area (Å²) in [5.74, 6) is 0.356. The zero-order valence-electron chi connectivity index (χ0n) is 14.4. The van der Waals surface area contributed by atoms with E-state index in [1.165, 1.54) is 19.1 Å². The standard InChI is InChI=1S/C18H18FN3O3S/c1-12-5-3-4-6-15(12)18-21-17(25-22-18)9-10-20-26(23,24)14-7-8-16(19)13(2)11-14/h3-8,11,20H,9-10H2,1-2H3. The molecule has 0 amide bonds. The number of hydrogen-bond donors (Lipinski definition) is 1. The first-order valence-corrected chi connectivity index (χ1v) is 9.49. The Morgan fingerprint density at radius 2 is 1.88 bits per heavy atom. The van der Waals surface area contributed by atoms with Gasteiger partial charge in [0, 0.05) is 18.5 Å². The van der Waals surface area contributed by atoms with Gasteiger partial charge in [0.1, 0.15) is 5.82 Å². The third-order valence-electron chi connectivity index (χ3n) is 3.92. The van der Waals surface area contributed by atoms with E-state index in [-0.39, 0.29) is 23.4 Å². The molecule has 0 unspecified atom stereocenters. The molecule has 0 fully saturated rings. The average molecular weight is 375 g/mol. The van der Waals surface area contributed by atoms with Crippen LogP contribution in [0.3, 0.4) is 0 Å². The Labute approximate surface area is 151 Å². The minimum Gasteiger partial charge on any atom is -0.339 e. The molecule has 0 bridgehead atoms. The van der Waals surface area contributed by atoms with Crippen LogP contribution < -0.4 is 4.72 Å². The number of halogens is 1. The van der Waals surface area contributed by atoms with Crippen LogP contribution in [0.1, 0.15) is 17.0 Å². The Balaban J connectivity index is 1.65. The lowest BCUT2D eigenvalue weighted by atomic mass is 10.1. The third kappa shape index (κ3) is 3.97. The maximum Gasteiger partial charge on any atom is 0.240 e. The zero-order chi connectivity index (χ0) is 18.7. The van der Waals surface area contributed by atoms with Crippen molar-refractivity contribution in [1.29, 1.82) is 0 Å². The summed E-state index contributed by atoms with van der Waals surface area (Å²) in [6.07, 6.45) is 0.248. The van der Waals surface area contributed by atoms with Crippen LogP contribution in [-0.2, 0) is 16.4 Å². The summed E-state index contributed by atoms with van der Waals surface area (Å²) >= 11 is 0. The zero-order valence-corrected chi connectivity index (χ0v) is 15.2. The molecule has 0 saturated carbocycles. The van der Waals surface area contributed by atoms with Crippen LogP contribution in [-0.4, -0.2) is 25.1 Å². The SMILES string of the molecule is Cc1cc(S(=O)(=O)NCCc2nc(-c3ccccc3C)no2)ccc1F. The topological polar surface area (TPSA) is 85.1 Å². The summed E-state index contributed by atoms with van der Waals surface area (Å²) in [5, 5.41) is 3.94. The van der Waals surface area contributed by atoms with Crippen LogP contribution in [0.4, 0.5) is 4.39 Å². The van der Waals surface area contributed by atoms with Crippen molar-refractivity contribution in [2.75, 3.05) is 6.54 Å². The third-order valence-corrected chi connectivity index (χ3v) is 5.38. The normalized spacial score (nSPS) is 11.7. The molecule has 6 nitrogen and oxygen atoms in total. The Morgan fingerprint density at radius 3 is 2.62 bits per heavy atom. The molecule has 0 saturated heterocycles. The molecule has 8 heteroatoms. The van der Waals surface area contributed by atoms with E-state index >= 15 is 0 Å². The lowest BCUT2D eigenvalue weighted by molar-refractivity contribution is 0.379. The second-order valence-corrected chi connectivity index (χ2v) is 7.65. The highest BCUT2D eigenvalue weighted by Crippen LogP contribution is 2.20. The van der Waals surface area contributed by atoms with Crippen LogP contribution >= 0.6 is 0 Å². The van der Waals surface area contributed by atoms with E-state index in [4.69, 9.17) is 4.52 Å². The van der Waals surface area contributed by atoms with Crippen molar-refractivity contribution in [2.24, 2.45) is 0 Å². The number of rotatable bonds is 6. The van der Waals surface area contributed by atoms with Gasteiger partial charge in [-0.05, 0) is 43.2 Å². The van der Waals surface area contributed by atoms with Crippen molar-refractivity contribution < 1.29 is 17.3 Å². The molecule has 0 spiro atoms. The maximum atomic E-state index is 13.3. The number of hydrogen-bond acceptors (Lipinski definition) is 5. The minimum absolute atomic E-state index is 0.0162. The fourth-order valence-electron chi connectivity index (χ4n) is 2.45. The highest BCUT2D eigenvalue weighted by Gasteiger charge is 2.16. The van der Waals surface area contributed by atoms with Gasteiger partial charge in [-0.25, -0.2) is 17.5 Å². The summed E-state index contributed by atoms with van der Waals surface area (Å²) in [6, 6.07) is 11.3. The summed E-state index contributed by atoms with van der Waals surface area (Å²) in [4.78, 5) is 4.31. The molecular formula is C18H18FN3O3S. The molecule has 0 radical (unpaired) electrons. The fourth-order valence-corrected chi connectivity index (χ4v) is 3.57. The number of sulfonamides is 1. The van der Waals surface area contributed by atoms with E-state index < -0.39 is 15.8 Å². The Bertz CT molecular complexity index is 1030. The predicted octanol–water partition coefficient (Wildman–Crippen LogP) is 3.01. The molecule has 0 aliphatic carbocycles. The van der Waals surface area contributed by atoms with Crippen molar-refractivity contribution in [3.63, 3.8) is 0 Å². The van der Waals surface area contributed by atoms with Gasteiger partial charge in [-0.2, -0.15) is 4.98 Å². The molecule has 3 aromatic rings. The largest absolute Gasteiger partial charge is 0.339 e.